The highest BCUT2D eigenvalue weighted by atomic mass is 19.1. The minimum atomic E-state index is -0.242. The van der Waals surface area contributed by atoms with Crippen LogP contribution in [0, 0.1) is 5.82 Å². The number of rotatable bonds is 1. The van der Waals surface area contributed by atoms with Crippen molar-refractivity contribution in [2.24, 2.45) is 0 Å². The van der Waals surface area contributed by atoms with Gasteiger partial charge in [0.25, 0.3) is 0 Å². The molecule has 1 aliphatic rings. The van der Waals surface area contributed by atoms with Crippen LogP contribution in [0.15, 0.2) is 12.4 Å². The van der Waals surface area contributed by atoms with Gasteiger partial charge in [-0.3, -0.25) is 4.68 Å². The zero-order valence-electron chi connectivity index (χ0n) is 6.83. The maximum Gasteiger partial charge on any atom is 0.161 e. The minimum Gasteiger partial charge on any atom is -0.317 e. The van der Waals surface area contributed by atoms with Gasteiger partial charge < -0.3 is 5.32 Å². The summed E-state index contributed by atoms with van der Waals surface area (Å²) in [7, 11) is 0. The number of halogens is 1. The minimum absolute atomic E-state index is 0.242. The topological polar surface area (TPSA) is 29.9 Å². The maximum atomic E-state index is 12.6. The van der Waals surface area contributed by atoms with Crippen LogP contribution in [0.2, 0.25) is 0 Å². The van der Waals surface area contributed by atoms with Crippen LogP contribution in [0.4, 0.5) is 4.39 Å². The summed E-state index contributed by atoms with van der Waals surface area (Å²) in [6.07, 6.45) is 4.82. The fourth-order valence-electron chi connectivity index (χ4n) is 1.59. The first-order chi connectivity index (χ1) is 5.86. The van der Waals surface area contributed by atoms with Crippen molar-refractivity contribution in [1.29, 1.82) is 0 Å². The maximum absolute atomic E-state index is 12.6. The number of piperidine rings is 1. The van der Waals surface area contributed by atoms with Gasteiger partial charge in [-0.1, -0.05) is 0 Å². The third-order valence-electron chi connectivity index (χ3n) is 2.25. The van der Waals surface area contributed by atoms with E-state index in [9.17, 15) is 4.39 Å². The molecule has 0 unspecified atom stereocenters. The molecule has 1 aliphatic heterocycles. The number of aromatic nitrogens is 2. The zero-order chi connectivity index (χ0) is 8.39. The summed E-state index contributed by atoms with van der Waals surface area (Å²) >= 11 is 0. The monoisotopic (exact) mass is 169 g/mol. The molecule has 1 aromatic heterocycles. The van der Waals surface area contributed by atoms with Gasteiger partial charge >= 0.3 is 0 Å². The molecule has 0 aliphatic carbocycles. The first-order valence-corrected chi connectivity index (χ1v) is 4.26. The average Bonchev–Trinajstić information content (AvgIpc) is 2.54. The predicted molar refractivity (Wildman–Crippen MR) is 43.3 cm³/mol. The van der Waals surface area contributed by atoms with E-state index in [0.717, 1.165) is 25.9 Å². The van der Waals surface area contributed by atoms with Crippen LogP contribution in [0.5, 0.6) is 0 Å². The van der Waals surface area contributed by atoms with Gasteiger partial charge in [0, 0.05) is 0 Å². The van der Waals surface area contributed by atoms with E-state index in [1.165, 1.54) is 12.4 Å². The summed E-state index contributed by atoms with van der Waals surface area (Å²) in [6.45, 7) is 2.01. The lowest BCUT2D eigenvalue weighted by molar-refractivity contribution is 0.342. The standard InChI is InChI=1S/C8H12FN3/c9-7-5-11-12(6-7)8-1-3-10-4-2-8/h5-6,8,10H,1-4H2. The lowest BCUT2D eigenvalue weighted by atomic mass is 10.1. The summed E-state index contributed by atoms with van der Waals surface area (Å²) in [4.78, 5) is 0. The van der Waals surface area contributed by atoms with Crippen molar-refractivity contribution >= 4 is 0 Å². The Balaban J connectivity index is 2.08. The molecule has 0 amide bonds. The van der Waals surface area contributed by atoms with Gasteiger partial charge in [0.2, 0.25) is 0 Å². The van der Waals surface area contributed by atoms with Gasteiger partial charge in [-0.2, -0.15) is 5.10 Å². The van der Waals surface area contributed by atoms with Crippen LogP contribution in [0.1, 0.15) is 18.9 Å². The van der Waals surface area contributed by atoms with Crippen LogP contribution in [0.3, 0.4) is 0 Å². The normalized spacial score (nSPS) is 19.8. The van der Waals surface area contributed by atoms with Crippen molar-refractivity contribution in [2.45, 2.75) is 18.9 Å². The number of hydrogen-bond donors (Lipinski definition) is 1. The second-order valence-electron chi connectivity index (χ2n) is 3.12. The molecule has 0 aromatic carbocycles. The number of nitrogens with zero attached hydrogens (tertiary/aromatic N) is 2. The summed E-state index contributed by atoms with van der Waals surface area (Å²) in [6, 6.07) is 0.385. The second-order valence-corrected chi connectivity index (χ2v) is 3.12. The van der Waals surface area contributed by atoms with Crippen LogP contribution in [0.25, 0.3) is 0 Å². The first-order valence-electron chi connectivity index (χ1n) is 4.26. The smallest absolute Gasteiger partial charge is 0.161 e. The molecule has 0 atom stereocenters. The van der Waals surface area contributed by atoms with Gasteiger partial charge in [-0.15, -0.1) is 0 Å². The van der Waals surface area contributed by atoms with Crippen LogP contribution < -0.4 is 5.32 Å². The molecule has 0 spiro atoms. The van der Waals surface area contributed by atoms with Crippen molar-refractivity contribution < 1.29 is 4.39 Å². The van der Waals surface area contributed by atoms with E-state index in [-0.39, 0.29) is 5.82 Å². The van der Waals surface area contributed by atoms with E-state index in [1.54, 1.807) is 4.68 Å². The van der Waals surface area contributed by atoms with Gasteiger partial charge in [-0.05, 0) is 25.9 Å². The molecule has 1 saturated heterocycles. The molecule has 66 valence electrons. The van der Waals surface area contributed by atoms with E-state index in [2.05, 4.69) is 10.4 Å². The largest absolute Gasteiger partial charge is 0.317 e. The van der Waals surface area contributed by atoms with E-state index in [4.69, 9.17) is 0 Å². The van der Waals surface area contributed by atoms with Gasteiger partial charge in [0.15, 0.2) is 5.82 Å². The summed E-state index contributed by atoms with van der Waals surface area (Å²) in [5.74, 6) is -0.242. The number of nitrogens with one attached hydrogen (secondary N) is 1. The molecule has 1 aromatic rings. The third kappa shape index (κ3) is 1.48. The lowest BCUT2D eigenvalue weighted by Crippen LogP contribution is -2.29. The Hall–Kier alpha value is -0.900. The SMILES string of the molecule is Fc1cnn(C2CCNCC2)c1. The molecule has 4 heteroatoms. The molecule has 1 fully saturated rings. The Bertz CT molecular complexity index is 253. The summed E-state index contributed by atoms with van der Waals surface area (Å²) in [5.41, 5.74) is 0. The molecule has 0 radical (unpaired) electrons. The molecule has 2 heterocycles. The Labute approximate surface area is 70.6 Å². The predicted octanol–water partition coefficient (Wildman–Crippen LogP) is 0.947. The van der Waals surface area contributed by atoms with Crippen LogP contribution in [-0.2, 0) is 0 Å². The third-order valence-corrected chi connectivity index (χ3v) is 2.25. The van der Waals surface area contributed by atoms with Gasteiger partial charge in [-0.25, -0.2) is 4.39 Å². The molecular weight excluding hydrogens is 157 g/mol. The lowest BCUT2D eigenvalue weighted by Gasteiger charge is -2.22. The highest BCUT2D eigenvalue weighted by Gasteiger charge is 2.15. The van der Waals surface area contributed by atoms with Crippen molar-refractivity contribution in [2.75, 3.05) is 13.1 Å². The van der Waals surface area contributed by atoms with E-state index in [1.807, 2.05) is 0 Å². The van der Waals surface area contributed by atoms with Gasteiger partial charge in [0.1, 0.15) is 0 Å². The second kappa shape index (κ2) is 3.23. The van der Waals surface area contributed by atoms with Crippen LogP contribution >= 0.6 is 0 Å². The van der Waals surface area contributed by atoms with E-state index in [0.29, 0.717) is 6.04 Å². The van der Waals surface area contributed by atoms with Crippen molar-refractivity contribution in [3.8, 4) is 0 Å². The first kappa shape index (κ1) is 7.73. The van der Waals surface area contributed by atoms with Crippen LogP contribution in [-0.4, -0.2) is 22.9 Å². The molecule has 12 heavy (non-hydrogen) atoms. The Kier molecular flexibility index (Phi) is 2.08. The molecule has 2 rings (SSSR count). The van der Waals surface area contributed by atoms with E-state index >= 15 is 0 Å². The fourth-order valence-corrected chi connectivity index (χ4v) is 1.59. The number of hydrogen-bond acceptors (Lipinski definition) is 2. The average molecular weight is 169 g/mol. The fraction of sp³-hybridized carbons (Fsp3) is 0.625. The quantitative estimate of drug-likeness (QED) is 0.678. The molecular formula is C8H12FN3. The molecule has 0 bridgehead atoms. The highest BCUT2D eigenvalue weighted by Crippen LogP contribution is 2.17. The molecule has 3 nitrogen and oxygen atoms in total. The summed E-state index contributed by atoms with van der Waals surface area (Å²) < 4.78 is 14.3. The molecule has 0 saturated carbocycles. The Morgan fingerprint density at radius 1 is 1.50 bits per heavy atom. The van der Waals surface area contributed by atoms with Crippen molar-refractivity contribution in [3.63, 3.8) is 0 Å². The zero-order valence-corrected chi connectivity index (χ0v) is 6.83. The van der Waals surface area contributed by atoms with Crippen molar-refractivity contribution in [3.05, 3.63) is 18.2 Å². The Morgan fingerprint density at radius 2 is 2.25 bits per heavy atom. The molecule has 1 N–H and O–H groups in total. The van der Waals surface area contributed by atoms with E-state index < -0.39 is 0 Å². The Morgan fingerprint density at radius 3 is 2.83 bits per heavy atom. The highest BCUT2D eigenvalue weighted by molar-refractivity contribution is 4.87. The van der Waals surface area contributed by atoms with Crippen molar-refractivity contribution in [1.82, 2.24) is 15.1 Å². The summed E-state index contributed by atoms with van der Waals surface area (Å²) in [5, 5.41) is 7.21. The van der Waals surface area contributed by atoms with Gasteiger partial charge in [0.05, 0.1) is 18.4 Å².